The smallest absolute Gasteiger partial charge is 0.306 e. The van der Waals surface area contributed by atoms with Gasteiger partial charge in [-0.3, -0.25) is 24.0 Å². The van der Waals surface area contributed by atoms with E-state index in [2.05, 4.69) is 0 Å². The van der Waals surface area contributed by atoms with Crippen LogP contribution in [-0.4, -0.2) is 45.4 Å². The molecule has 0 aromatic rings. The Balaban J connectivity index is 1.76. The molecule has 0 aromatic carbocycles. The summed E-state index contributed by atoms with van der Waals surface area (Å²) in [7, 11) is 0. The van der Waals surface area contributed by atoms with Crippen LogP contribution >= 0.6 is 0 Å². The predicted molar refractivity (Wildman–Crippen MR) is 136 cm³/mol. The van der Waals surface area contributed by atoms with Gasteiger partial charge in [-0.25, -0.2) is 0 Å². The molecule has 0 bridgehead atoms. The van der Waals surface area contributed by atoms with Crippen molar-refractivity contribution in [2.45, 2.75) is 93.1 Å². The minimum absolute atomic E-state index is 0.0845. The molecule has 202 valence electrons. The van der Waals surface area contributed by atoms with Crippen molar-refractivity contribution in [1.82, 2.24) is 0 Å². The Morgan fingerprint density at radius 2 is 1.68 bits per heavy atom. The highest BCUT2D eigenvalue weighted by atomic mass is 16.4. The molecule has 7 nitrogen and oxygen atoms in total. The Kier molecular flexibility index (Phi) is 6.38. The van der Waals surface area contributed by atoms with Gasteiger partial charge in [0.1, 0.15) is 11.6 Å². The normalized spacial score (nSPS) is 38.4. The molecule has 1 saturated carbocycles. The highest BCUT2D eigenvalue weighted by Gasteiger charge is 2.68. The fraction of sp³-hybridized carbons (Fsp3) is 0.700. The third-order valence-electron chi connectivity index (χ3n) is 10.7. The SMILES string of the molecule is C[C@H](CC(=O)C[C@H](C)C(=O)O)C1=CC(=O)[C@@]2(C)C3=C(C(=O)C[C@]12C)[C@@]1(C)CCC(=O)C(C)(C)[C@@H]1C[C@@H]3O. The van der Waals surface area contributed by atoms with E-state index in [-0.39, 0.29) is 54.2 Å². The van der Waals surface area contributed by atoms with Gasteiger partial charge in [0.15, 0.2) is 11.6 Å². The fourth-order valence-corrected chi connectivity index (χ4v) is 8.36. The van der Waals surface area contributed by atoms with Crippen molar-refractivity contribution in [3.05, 3.63) is 22.8 Å². The molecule has 7 heteroatoms. The van der Waals surface area contributed by atoms with Crippen molar-refractivity contribution in [1.29, 1.82) is 0 Å². The molecule has 0 saturated heterocycles. The zero-order valence-corrected chi connectivity index (χ0v) is 23.1. The maximum atomic E-state index is 14.0. The molecular formula is C30H40O7. The molecule has 0 unspecified atom stereocenters. The number of Topliss-reactive ketones (excluding diaryl/α,β-unsaturated/α-hetero) is 3. The number of carboxylic acids is 1. The van der Waals surface area contributed by atoms with Gasteiger partial charge >= 0.3 is 5.97 Å². The Morgan fingerprint density at radius 1 is 1.05 bits per heavy atom. The lowest BCUT2D eigenvalue weighted by Gasteiger charge is -2.60. The van der Waals surface area contributed by atoms with Crippen LogP contribution in [0, 0.1) is 39.4 Å². The minimum Gasteiger partial charge on any atom is -0.481 e. The second-order valence-corrected chi connectivity index (χ2v) is 13.3. The van der Waals surface area contributed by atoms with Crippen molar-refractivity contribution in [3.63, 3.8) is 0 Å². The second-order valence-electron chi connectivity index (χ2n) is 13.3. The molecule has 0 amide bonds. The first-order chi connectivity index (χ1) is 16.9. The molecule has 1 fully saturated rings. The Morgan fingerprint density at radius 3 is 2.27 bits per heavy atom. The maximum absolute atomic E-state index is 14.0. The second kappa shape index (κ2) is 8.55. The summed E-state index contributed by atoms with van der Waals surface area (Å²) in [6.45, 7) is 12.9. The van der Waals surface area contributed by atoms with E-state index >= 15 is 0 Å². The molecule has 7 atom stereocenters. The number of aliphatic hydroxyl groups excluding tert-OH is 1. The third-order valence-corrected chi connectivity index (χ3v) is 10.7. The number of hydrogen-bond donors (Lipinski definition) is 2. The van der Waals surface area contributed by atoms with Crippen LogP contribution in [0.15, 0.2) is 22.8 Å². The molecule has 0 aromatic heterocycles. The van der Waals surface area contributed by atoms with E-state index in [0.717, 1.165) is 5.57 Å². The maximum Gasteiger partial charge on any atom is 0.306 e. The molecular weight excluding hydrogens is 472 g/mol. The van der Waals surface area contributed by atoms with Gasteiger partial charge in [0.25, 0.3) is 0 Å². The van der Waals surface area contributed by atoms with Crippen molar-refractivity contribution in [2.24, 2.45) is 39.4 Å². The highest BCUT2D eigenvalue weighted by molar-refractivity contribution is 6.10. The molecule has 0 aliphatic heterocycles. The quantitative estimate of drug-likeness (QED) is 0.545. The largest absolute Gasteiger partial charge is 0.481 e. The molecule has 2 N–H and O–H groups in total. The Bertz CT molecular complexity index is 1170. The van der Waals surface area contributed by atoms with Gasteiger partial charge in [-0.2, -0.15) is 0 Å². The summed E-state index contributed by atoms with van der Waals surface area (Å²) >= 11 is 0. The number of carboxylic acid groups (broad SMARTS) is 1. The lowest BCUT2D eigenvalue weighted by Crippen LogP contribution is -2.59. The van der Waals surface area contributed by atoms with E-state index in [1.807, 2.05) is 41.5 Å². The van der Waals surface area contributed by atoms with Gasteiger partial charge in [0.2, 0.25) is 0 Å². The molecule has 0 heterocycles. The van der Waals surface area contributed by atoms with E-state index in [1.54, 1.807) is 6.08 Å². The van der Waals surface area contributed by atoms with Gasteiger partial charge in [-0.05, 0) is 43.3 Å². The Hall–Kier alpha value is -2.41. The topological polar surface area (TPSA) is 126 Å². The number of ketones is 4. The number of allylic oxidation sites excluding steroid dienone is 3. The van der Waals surface area contributed by atoms with Crippen molar-refractivity contribution in [2.75, 3.05) is 0 Å². The Labute approximate surface area is 218 Å². The van der Waals surface area contributed by atoms with Crippen LogP contribution in [0.1, 0.15) is 87.0 Å². The van der Waals surface area contributed by atoms with Crippen LogP contribution < -0.4 is 0 Å². The molecule has 0 spiro atoms. The van der Waals surface area contributed by atoms with Gasteiger partial charge < -0.3 is 10.2 Å². The van der Waals surface area contributed by atoms with Crippen LogP contribution in [0.25, 0.3) is 0 Å². The summed E-state index contributed by atoms with van der Waals surface area (Å²) in [6, 6.07) is 0. The van der Waals surface area contributed by atoms with E-state index in [0.29, 0.717) is 30.4 Å². The minimum atomic E-state index is -1.13. The van der Waals surface area contributed by atoms with Crippen molar-refractivity contribution >= 4 is 29.1 Å². The number of rotatable bonds is 6. The van der Waals surface area contributed by atoms with E-state index in [1.165, 1.54) is 6.92 Å². The first-order valence-electron chi connectivity index (χ1n) is 13.4. The summed E-state index contributed by atoms with van der Waals surface area (Å²) in [4.78, 5) is 64.5. The van der Waals surface area contributed by atoms with Crippen LogP contribution in [0.5, 0.6) is 0 Å². The summed E-state index contributed by atoms with van der Waals surface area (Å²) < 4.78 is 0. The monoisotopic (exact) mass is 512 g/mol. The zero-order chi connectivity index (χ0) is 27.9. The standard InChI is InChI=1S/C30H40O7/c1-15(10-17(31)11-16(2)26(36)37)18-12-23(35)30(7)25-19(32)13-21-27(3,4)22(34)8-9-28(21,5)24(25)20(33)14-29(18,30)6/h12,15-16,19,21,32H,8-11,13-14H2,1-7H3,(H,36,37)/t15-,16+,19+,21+,28+,29-,30+/m1/s1. The predicted octanol–water partition coefficient (Wildman–Crippen LogP) is 4.26. The first-order valence-corrected chi connectivity index (χ1v) is 13.4. The van der Waals surface area contributed by atoms with E-state index < -0.39 is 39.7 Å². The number of carbonyl (C=O) groups is 5. The zero-order valence-electron chi connectivity index (χ0n) is 23.1. The summed E-state index contributed by atoms with van der Waals surface area (Å²) in [5.41, 5.74) is -1.55. The fourth-order valence-electron chi connectivity index (χ4n) is 8.36. The average molecular weight is 513 g/mol. The summed E-state index contributed by atoms with van der Waals surface area (Å²) in [6.07, 6.45) is 1.83. The van der Waals surface area contributed by atoms with Crippen LogP contribution in [-0.2, 0) is 24.0 Å². The number of aliphatic hydroxyl groups is 1. The lowest BCUT2D eigenvalue weighted by atomic mass is 9.42. The highest BCUT2D eigenvalue weighted by Crippen LogP contribution is 2.69. The van der Waals surface area contributed by atoms with Crippen LogP contribution in [0.4, 0.5) is 0 Å². The van der Waals surface area contributed by atoms with Gasteiger partial charge in [-0.15, -0.1) is 0 Å². The van der Waals surface area contributed by atoms with Crippen molar-refractivity contribution < 1.29 is 34.2 Å². The first kappa shape index (κ1) is 27.6. The van der Waals surface area contributed by atoms with Crippen LogP contribution in [0.2, 0.25) is 0 Å². The summed E-state index contributed by atoms with van der Waals surface area (Å²) in [5.74, 6) is -2.70. The molecule has 4 aliphatic rings. The number of aliphatic carboxylic acids is 1. The molecule has 37 heavy (non-hydrogen) atoms. The third kappa shape index (κ3) is 3.67. The number of carbonyl (C=O) groups excluding carboxylic acids is 4. The van der Waals surface area contributed by atoms with Crippen LogP contribution in [0.3, 0.4) is 0 Å². The number of hydrogen-bond acceptors (Lipinski definition) is 6. The molecule has 4 aliphatic carbocycles. The number of fused-ring (bicyclic) bond motifs is 4. The molecule has 4 rings (SSSR count). The van der Waals surface area contributed by atoms with E-state index in [9.17, 15) is 29.1 Å². The molecule has 0 radical (unpaired) electrons. The average Bonchev–Trinajstić information content (AvgIpc) is 2.99. The lowest BCUT2D eigenvalue weighted by molar-refractivity contribution is -0.145. The van der Waals surface area contributed by atoms with Crippen molar-refractivity contribution in [3.8, 4) is 0 Å². The van der Waals surface area contributed by atoms with Gasteiger partial charge in [-0.1, -0.05) is 47.1 Å². The summed E-state index contributed by atoms with van der Waals surface area (Å²) in [5, 5.41) is 20.7. The van der Waals surface area contributed by atoms with E-state index in [4.69, 9.17) is 5.11 Å². The van der Waals surface area contributed by atoms with Gasteiger partial charge in [0, 0.05) is 47.5 Å². The van der Waals surface area contributed by atoms with Gasteiger partial charge in [0.05, 0.1) is 17.4 Å².